The van der Waals surface area contributed by atoms with Gasteiger partial charge in [0.25, 0.3) is 5.89 Å². The predicted octanol–water partition coefficient (Wildman–Crippen LogP) is 1.69. The summed E-state index contributed by atoms with van der Waals surface area (Å²) in [5.41, 5.74) is 0.622. The van der Waals surface area contributed by atoms with Crippen molar-refractivity contribution in [1.82, 2.24) is 10.1 Å². The Bertz CT molecular complexity index is 785. The second kappa shape index (κ2) is 7.56. The number of carbonyl (C=O) groups is 1. The summed E-state index contributed by atoms with van der Waals surface area (Å²) < 4.78 is 30.7. The van der Waals surface area contributed by atoms with Gasteiger partial charge in [-0.05, 0) is 12.1 Å². The van der Waals surface area contributed by atoms with E-state index >= 15 is 0 Å². The van der Waals surface area contributed by atoms with Gasteiger partial charge in [0, 0.05) is 6.07 Å². The molecule has 1 aromatic heterocycles. The Labute approximate surface area is 143 Å². The molecule has 132 valence electrons. The molecule has 0 amide bonds. The lowest BCUT2D eigenvalue weighted by molar-refractivity contribution is -0.146. The molecule has 0 radical (unpaired) electrons. The van der Waals surface area contributed by atoms with Crippen molar-refractivity contribution in [3.05, 3.63) is 36.1 Å². The van der Waals surface area contributed by atoms with E-state index in [0.717, 1.165) is 0 Å². The molecule has 3 rings (SSSR count). The van der Waals surface area contributed by atoms with Gasteiger partial charge in [-0.1, -0.05) is 5.16 Å². The van der Waals surface area contributed by atoms with Crippen LogP contribution in [0.15, 0.2) is 34.7 Å². The molecule has 0 saturated carbocycles. The molecule has 1 aliphatic rings. The Morgan fingerprint density at radius 2 is 2.12 bits per heavy atom. The van der Waals surface area contributed by atoms with Crippen molar-refractivity contribution in [3.8, 4) is 22.9 Å². The van der Waals surface area contributed by atoms with Crippen LogP contribution in [0.5, 0.6) is 11.5 Å². The molecule has 0 N–H and O–H groups in total. The zero-order valence-corrected chi connectivity index (χ0v) is 13.7. The van der Waals surface area contributed by atoms with E-state index in [1.165, 1.54) is 13.4 Å². The first kappa shape index (κ1) is 16.6. The van der Waals surface area contributed by atoms with E-state index in [4.69, 9.17) is 28.2 Å². The first-order valence-electron chi connectivity index (χ1n) is 7.38. The highest BCUT2D eigenvalue weighted by atomic mass is 16.6. The molecular formula is C16H16N2O7. The summed E-state index contributed by atoms with van der Waals surface area (Å²) in [6.45, 7) is 0.501. The summed E-state index contributed by atoms with van der Waals surface area (Å²) in [5.74, 6) is 0.952. The van der Waals surface area contributed by atoms with Gasteiger partial charge in [-0.2, -0.15) is 4.98 Å². The molecule has 0 atom stereocenters. The van der Waals surface area contributed by atoms with E-state index in [2.05, 4.69) is 10.1 Å². The van der Waals surface area contributed by atoms with Gasteiger partial charge in [-0.15, -0.1) is 0 Å². The molecule has 9 nitrogen and oxygen atoms in total. The number of esters is 1. The summed E-state index contributed by atoms with van der Waals surface area (Å²) in [6, 6.07) is 5.20. The number of nitrogens with zero attached hydrogens (tertiary/aromatic N) is 2. The Balaban J connectivity index is 1.68. The van der Waals surface area contributed by atoms with Crippen molar-refractivity contribution in [2.75, 3.05) is 27.4 Å². The number of hydrogen-bond donors (Lipinski definition) is 0. The molecule has 0 spiro atoms. The van der Waals surface area contributed by atoms with E-state index < -0.39 is 5.97 Å². The van der Waals surface area contributed by atoms with Crippen molar-refractivity contribution in [1.29, 1.82) is 0 Å². The Kier molecular flexibility index (Phi) is 5.03. The van der Waals surface area contributed by atoms with Gasteiger partial charge < -0.3 is 28.2 Å². The third-order valence-electron chi connectivity index (χ3n) is 3.29. The van der Waals surface area contributed by atoms with Crippen molar-refractivity contribution >= 4 is 5.97 Å². The third kappa shape index (κ3) is 3.82. The Hall–Kier alpha value is -3.23. The second-order valence-electron chi connectivity index (χ2n) is 4.86. The van der Waals surface area contributed by atoms with Gasteiger partial charge in [0.1, 0.15) is 31.0 Å². The van der Waals surface area contributed by atoms with Gasteiger partial charge in [-0.25, -0.2) is 4.79 Å². The molecule has 1 aromatic carbocycles. The summed E-state index contributed by atoms with van der Waals surface area (Å²) in [4.78, 5) is 16.0. The van der Waals surface area contributed by atoms with Crippen molar-refractivity contribution in [2.45, 2.75) is 6.61 Å². The molecule has 25 heavy (non-hydrogen) atoms. The maximum Gasteiger partial charge on any atom is 0.377 e. The standard InChI is InChI=1S/C16H16N2O7/c1-20-10-3-4-11(12(7-10)21-2)15-17-14(25-18-15)9-24-16(19)13-8-22-5-6-23-13/h3-4,7-8H,5-6,9H2,1-2H3. The molecule has 1 aliphatic heterocycles. The van der Waals surface area contributed by atoms with Crippen LogP contribution in [0.1, 0.15) is 5.89 Å². The number of benzene rings is 1. The lowest BCUT2D eigenvalue weighted by Gasteiger charge is -2.13. The molecule has 0 saturated heterocycles. The average Bonchev–Trinajstić information content (AvgIpc) is 3.15. The van der Waals surface area contributed by atoms with Crippen LogP contribution in [0, 0.1) is 0 Å². The van der Waals surface area contributed by atoms with Gasteiger partial charge >= 0.3 is 5.97 Å². The van der Waals surface area contributed by atoms with Crippen molar-refractivity contribution < 1.29 is 33.0 Å². The maximum absolute atomic E-state index is 11.8. The number of aromatic nitrogens is 2. The number of ether oxygens (including phenoxy) is 5. The first-order valence-corrected chi connectivity index (χ1v) is 7.38. The first-order chi connectivity index (χ1) is 12.2. The van der Waals surface area contributed by atoms with Crippen LogP contribution in [0.2, 0.25) is 0 Å². The molecule has 0 bridgehead atoms. The highest BCUT2D eigenvalue weighted by Gasteiger charge is 2.19. The fourth-order valence-electron chi connectivity index (χ4n) is 2.08. The molecule has 0 unspecified atom stereocenters. The van der Waals surface area contributed by atoms with Gasteiger partial charge in [-0.3, -0.25) is 0 Å². The van der Waals surface area contributed by atoms with E-state index in [-0.39, 0.29) is 18.3 Å². The highest BCUT2D eigenvalue weighted by Crippen LogP contribution is 2.31. The smallest absolute Gasteiger partial charge is 0.377 e. The van der Waals surface area contributed by atoms with Gasteiger partial charge in [0.2, 0.25) is 11.6 Å². The number of carbonyl (C=O) groups excluding carboxylic acids is 1. The van der Waals surface area contributed by atoms with Crippen molar-refractivity contribution in [2.24, 2.45) is 0 Å². The SMILES string of the molecule is COc1ccc(-c2noc(COC(=O)C3=COCCO3)n2)c(OC)c1. The molecule has 9 heteroatoms. The van der Waals surface area contributed by atoms with Crippen LogP contribution in [0.25, 0.3) is 11.4 Å². The molecule has 0 fully saturated rings. The van der Waals surface area contributed by atoms with Crippen molar-refractivity contribution in [3.63, 3.8) is 0 Å². The maximum atomic E-state index is 11.8. The topological polar surface area (TPSA) is 102 Å². The minimum Gasteiger partial charge on any atom is -0.497 e. The minimum absolute atomic E-state index is 0.00260. The lowest BCUT2D eigenvalue weighted by Crippen LogP contribution is -2.17. The number of rotatable bonds is 6. The fraction of sp³-hybridized carbons (Fsp3) is 0.312. The largest absolute Gasteiger partial charge is 0.497 e. The summed E-state index contributed by atoms with van der Waals surface area (Å²) in [5, 5.41) is 3.87. The van der Waals surface area contributed by atoms with E-state index in [1.54, 1.807) is 25.3 Å². The quantitative estimate of drug-likeness (QED) is 0.721. The average molecular weight is 348 g/mol. The zero-order valence-electron chi connectivity index (χ0n) is 13.7. The Morgan fingerprint density at radius 1 is 1.24 bits per heavy atom. The summed E-state index contributed by atoms with van der Waals surface area (Å²) >= 11 is 0. The van der Waals surface area contributed by atoms with E-state index in [0.29, 0.717) is 36.1 Å². The normalized spacial score (nSPS) is 13.3. The molecular weight excluding hydrogens is 332 g/mol. The molecule has 2 heterocycles. The highest BCUT2D eigenvalue weighted by molar-refractivity contribution is 5.86. The minimum atomic E-state index is -0.665. The van der Waals surface area contributed by atoms with Crippen LogP contribution < -0.4 is 9.47 Å². The van der Waals surface area contributed by atoms with Crippen LogP contribution in [-0.2, 0) is 25.6 Å². The van der Waals surface area contributed by atoms with E-state index in [1.807, 2.05) is 0 Å². The Morgan fingerprint density at radius 3 is 2.84 bits per heavy atom. The zero-order chi connectivity index (χ0) is 17.6. The van der Waals surface area contributed by atoms with Crippen LogP contribution >= 0.6 is 0 Å². The summed E-state index contributed by atoms with van der Waals surface area (Å²) in [6.07, 6.45) is 1.22. The molecule has 2 aromatic rings. The van der Waals surface area contributed by atoms with Crippen LogP contribution in [0.4, 0.5) is 0 Å². The van der Waals surface area contributed by atoms with Gasteiger partial charge in [0.15, 0.2) is 6.61 Å². The number of methoxy groups -OCH3 is 2. The van der Waals surface area contributed by atoms with Crippen LogP contribution in [-0.4, -0.2) is 43.5 Å². The second-order valence-corrected chi connectivity index (χ2v) is 4.86. The monoisotopic (exact) mass is 348 g/mol. The third-order valence-corrected chi connectivity index (χ3v) is 3.29. The number of hydrogen-bond acceptors (Lipinski definition) is 9. The fourth-order valence-corrected chi connectivity index (χ4v) is 2.08. The lowest BCUT2D eigenvalue weighted by atomic mass is 10.2. The summed E-state index contributed by atoms with van der Waals surface area (Å²) in [7, 11) is 3.09. The predicted molar refractivity (Wildman–Crippen MR) is 82.6 cm³/mol. The molecule has 0 aliphatic carbocycles. The van der Waals surface area contributed by atoms with Crippen LogP contribution in [0.3, 0.4) is 0 Å². The van der Waals surface area contributed by atoms with E-state index in [9.17, 15) is 4.79 Å². The van der Waals surface area contributed by atoms with Gasteiger partial charge in [0.05, 0.1) is 19.8 Å².